The Labute approximate surface area is 136 Å². The first-order chi connectivity index (χ1) is 8.12. The highest BCUT2D eigenvalue weighted by Crippen LogP contribution is 2.45. The Kier molecular flexibility index (Phi) is 5.70. The SMILES string of the molecule is CC1(C)CC(NC(=O)I)CC(C)(CNC(=O)I)C1. The van der Waals surface area contributed by atoms with Crippen molar-refractivity contribution in [1.82, 2.24) is 10.6 Å². The summed E-state index contributed by atoms with van der Waals surface area (Å²) in [5.74, 6) is 0. The fourth-order valence-corrected chi connectivity index (χ4v) is 3.94. The molecule has 0 aromatic rings. The molecule has 1 saturated carbocycles. The van der Waals surface area contributed by atoms with Crippen LogP contribution in [0.15, 0.2) is 0 Å². The summed E-state index contributed by atoms with van der Waals surface area (Å²) in [4.78, 5) is 22.3. The summed E-state index contributed by atoms with van der Waals surface area (Å²) in [7, 11) is 0. The first-order valence-electron chi connectivity index (χ1n) is 6.01. The Morgan fingerprint density at radius 3 is 2.28 bits per heavy atom. The van der Waals surface area contributed by atoms with Gasteiger partial charge in [0.05, 0.1) is 0 Å². The van der Waals surface area contributed by atoms with Gasteiger partial charge in [0.15, 0.2) is 0 Å². The summed E-state index contributed by atoms with van der Waals surface area (Å²) in [6.07, 6.45) is 2.97. The first-order valence-corrected chi connectivity index (χ1v) is 8.17. The summed E-state index contributed by atoms with van der Waals surface area (Å²) < 4.78 is -0.0257. The Morgan fingerprint density at radius 2 is 1.78 bits per heavy atom. The Hall–Kier alpha value is 0.400. The molecule has 1 aliphatic rings. The Bertz CT molecular complexity index is 347. The van der Waals surface area contributed by atoms with E-state index in [4.69, 9.17) is 0 Å². The van der Waals surface area contributed by atoms with Crippen molar-refractivity contribution >= 4 is 53.0 Å². The van der Waals surface area contributed by atoms with Crippen molar-refractivity contribution in [3.63, 3.8) is 0 Å². The minimum atomic E-state index is -0.0216. The highest BCUT2D eigenvalue weighted by Gasteiger charge is 2.41. The fourth-order valence-electron chi connectivity index (χ4n) is 3.31. The van der Waals surface area contributed by atoms with Crippen molar-refractivity contribution < 1.29 is 9.59 Å². The molecular weight excluding hydrogens is 458 g/mol. The molecule has 18 heavy (non-hydrogen) atoms. The highest BCUT2D eigenvalue weighted by atomic mass is 127. The van der Waals surface area contributed by atoms with Crippen LogP contribution in [0.1, 0.15) is 40.0 Å². The molecule has 2 unspecified atom stereocenters. The molecule has 0 spiro atoms. The van der Waals surface area contributed by atoms with Gasteiger partial charge in [-0.25, -0.2) is 0 Å². The maximum absolute atomic E-state index is 11.2. The number of carbonyl (C=O) groups is 2. The van der Waals surface area contributed by atoms with E-state index in [9.17, 15) is 9.59 Å². The smallest absolute Gasteiger partial charge is 0.280 e. The van der Waals surface area contributed by atoms with E-state index >= 15 is 0 Å². The maximum atomic E-state index is 11.2. The van der Waals surface area contributed by atoms with Gasteiger partial charge in [0.1, 0.15) is 0 Å². The molecule has 0 radical (unpaired) electrons. The van der Waals surface area contributed by atoms with E-state index in [0.717, 1.165) is 19.3 Å². The molecule has 104 valence electrons. The minimum absolute atomic E-state index is 0.00410. The second-order valence-electron chi connectivity index (χ2n) is 6.30. The molecule has 0 heterocycles. The molecule has 0 bridgehead atoms. The van der Waals surface area contributed by atoms with Crippen molar-refractivity contribution in [2.45, 2.75) is 46.1 Å². The summed E-state index contributed by atoms with van der Waals surface area (Å²) >= 11 is 3.54. The van der Waals surface area contributed by atoms with E-state index in [-0.39, 0.29) is 24.7 Å². The molecular formula is C12H20I2N2O2. The minimum Gasteiger partial charge on any atom is -0.347 e. The van der Waals surface area contributed by atoms with E-state index in [1.54, 1.807) is 45.2 Å². The van der Waals surface area contributed by atoms with Gasteiger partial charge in [-0.05, 0) is 30.1 Å². The highest BCUT2D eigenvalue weighted by molar-refractivity contribution is 14.1. The first kappa shape index (κ1) is 16.5. The van der Waals surface area contributed by atoms with Gasteiger partial charge in [-0.2, -0.15) is 0 Å². The molecule has 6 heteroatoms. The van der Waals surface area contributed by atoms with E-state index < -0.39 is 0 Å². The van der Waals surface area contributed by atoms with Crippen LogP contribution in [-0.2, 0) is 0 Å². The van der Waals surface area contributed by atoms with Crippen LogP contribution in [-0.4, -0.2) is 20.4 Å². The average Bonchev–Trinajstić information content (AvgIpc) is 2.10. The lowest BCUT2D eigenvalue weighted by molar-refractivity contribution is 0.0774. The van der Waals surface area contributed by atoms with Crippen molar-refractivity contribution in [3.8, 4) is 0 Å². The van der Waals surface area contributed by atoms with Crippen molar-refractivity contribution in [3.05, 3.63) is 0 Å². The van der Waals surface area contributed by atoms with Crippen LogP contribution in [0.3, 0.4) is 0 Å². The lowest BCUT2D eigenvalue weighted by Gasteiger charge is -2.46. The number of amides is 2. The van der Waals surface area contributed by atoms with Crippen LogP contribution < -0.4 is 10.6 Å². The van der Waals surface area contributed by atoms with Crippen LogP contribution in [0, 0.1) is 10.8 Å². The van der Waals surface area contributed by atoms with E-state index in [1.807, 2.05) is 0 Å². The largest absolute Gasteiger partial charge is 0.347 e. The van der Waals surface area contributed by atoms with E-state index in [0.29, 0.717) is 6.54 Å². The maximum Gasteiger partial charge on any atom is 0.280 e. The molecule has 1 aliphatic carbocycles. The molecule has 1 fully saturated rings. The van der Waals surface area contributed by atoms with Gasteiger partial charge < -0.3 is 10.6 Å². The van der Waals surface area contributed by atoms with Crippen molar-refractivity contribution in [2.24, 2.45) is 10.8 Å². The number of nitrogens with one attached hydrogen (secondary N) is 2. The predicted molar refractivity (Wildman–Crippen MR) is 89.5 cm³/mol. The number of rotatable bonds is 3. The number of carbonyl (C=O) groups excluding carboxylic acids is 2. The van der Waals surface area contributed by atoms with E-state index in [2.05, 4.69) is 31.4 Å². The van der Waals surface area contributed by atoms with Crippen molar-refractivity contribution in [1.29, 1.82) is 0 Å². The second kappa shape index (κ2) is 6.23. The number of hydrogen-bond donors (Lipinski definition) is 2. The molecule has 0 saturated heterocycles. The fraction of sp³-hybridized carbons (Fsp3) is 0.833. The molecule has 2 atom stereocenters. The molecule has 0 aromatic heterocycles. The summed E-state index contributed by atoms with van der Waals surface area (Å²) in [6.45, 7) is 7.31. The Morgan fingerprint density at radius 1 is 1.17 bits per heavy atom. The number of halogens is 2. The molecule has 2 amide bonds. The number of hydrogen-bond acceptors (Lipinski definition) is 2. The monoisotopic (exact) mass is 478 g/mol. The molecule has 1 rings (SSSR count). The standard InChI is InChI=1S/C12H20I2N2O2/c1-11(2)4-8(16-10(14)18)5-12(3,6-11)7-15-9(13)17/h8H,4-7H2,1-3H3,(H,15,17)(H,16,18). The molecule has 2 N–H and O–H groups in total. The zero-order chi connectivity index (χ0) is 14.0. The van der Waals surface area contributed by atoms with E-state index in [1.165, 1.54) is 0 Å². The second-order valence-corrected chi connectivity index (χ2v) is 8.26. The average molecular weight is 478 g/mol. The van der Waals surface area contributed by atoms with Crippen LogP contribution in [0.25, 0.3) is 0 Å². The summed E-state index contributed by atoms with van der Waals surface area (Å²) in [5.41, 5.74) is 0.235. The van der Waals surface area contributed by atoms with Crippen LogP contribution in [0.5, 0.6) is 0 Å². The van der Waals surface area contributed by atoms with Crippen LogP contribution in [0.4, 0.5) is 9.59 Å². The van der Waals surface area contributed by atoms with Gasteiger partial charge in [-0.15, -0.1) is 0 Å². The molecule has 0 aliphatic heterocycles. The topological polar surface area (TPSA) is 58.2 Å². The van der Waals surface area contributed by atoms with Gasteiger partial charge in [0, 0.05) is 57.8 Å². The van der Waals surface area contributed by atoms with Gasteiger partial charge in [0.25, 0.3) is 7.83 Å². The zero-order valence-electron chi connectivity index (χ0n) is 11.0. The lowest BCUT2D eigenvalue weighted by atomic mass is 9.62. The third-order valence-corrected chi connectivity index (χ3v) is 4.11. The summed E-state index contributed by atoms with van der Waals surface area (Å²) in [5, 5.41) is 5.91. The Balaban J connectivity index is 2.72. The molecule has 0 aromatic carbocycles. The van der Waals surface area contributed by atoms with Gasteiger partial charge >= 0.3 is 0 Å². The van der Waals surface area contributed by atoms with Gasteiger partial charge in [-0.1, -0.05) is 20.8 Å². The molecule has 4 nitrogen and oxygen atoms in total. The normalized spacial score (nSPS) is 30.6. The van der Waals surface area contributed by atoms with Crippen LogP contribution >= 0.6 is 45.2 Å². The van der Waals surface area contributed by atoms with Crippen LogP contribution in [0.2, 0.25) is 0 Å². The lowest BCUT2D eigenvalue weighted by Crippen LogP contribution is -2.49. The third-order valence-electron chi connectivity index (χ3n) is 3.42. The quantitative estimate of drug-likeness (QED) is 0.368. The zero-order valence-corrected chi connectivity index (χ0v) is 15.3. The predicted octanol–water partition coefficient (Wildman–Crippen LogP) is 3.86. The van der Waals surface area contributed by atoms with Crippen molar-refractivity contribution in [2.75, 3.05) is 6.54 Å². The van der Waals surface area contributed by atoms with Gasteiger partial charge in [-0.3, -0.25) is 9.59 Å². The third kappa shape index (κ3) is 5.58. The summed E-state index contributed by atoms with van der Waals surface area (Å²) in [6, 6.07) is 0.203. The van der Waals surface area contributed by atoms with Gasteiger partial charge in [0.2, 0.25) is 0 Å².